The van der Waals surface area contributed by atoms with Crippen LogP contribution in [0, 0.1) is 0 Å². The van der Waals surface area contributed by atoms with E-state index in [1.807, 2.05) is 12.1 Å². The molecule has 0 aliphatic carbocycles. The summed E-state index contributed by atoms with van der Waals surface area (Å²) in [5, 5.41) is 0.691. The summed E-state index contributed by atoms with van der Waals surface area (Å²) in [4.78, 5) is 32.0. The number of fused-ring (bicyclic) bond motifs is 1. The molecule has 0 saturated carbocycles. The molecule has 0 radical (unpaired) electrons. The molecule has 220 valence electrons. The Morgan fingerprint density at radius 1 is 0.884 bits per heavy atom. The molecular formula is C32H28BrN3O7. The van der Waals surface area contributed by atoms with Gasteiger partial charge in [-0.25, -0.2) is 4.79 Å². The van der Waals surface area contributed by atoms with Crippen LogP contribution in [0.15, 0.2) is 82.3 Å². The van der Waals surface area contributed by atoms with Gasteiger partial charge in [0.25, 0.3) is 5.56 Å². The molecule has 0 unspecified atom stereocenters. The smallest absolute Gasteiger partial charge is 0.355 e. The van der Waals surface area contributed by atoms with Crippen molar-refractivity contribution < 1.29 is 28.5 Å². The van der Waals surface area contributed by atoms with Crippen LogP contribution in [0.4, 0.5) is 5.69 Å². The van der Waals surface area contributed by atoms with E-state index < -0.39 is 11.5 Å². The van der Waals surface area contributed by atoms with Gasteiger partial charge in [-0.05, 0) is 76.1 Å². The normalized spacial score (nSPS) is 10.8. The highest BCUT2D eigenvalue weighted by Gasteiger charge is 2.28. The molecule has 5 rings (SSSR count). The lowest BCUT2D eigenvalue weighted by Crippen LogP contribution is -2.27. The Hall–Kier alpha value is -5.03. The molecule has 0 atom stereocenters. The van der Waals surface area contributed by atoms with E-state index in [0.29, 0.717) is 55.4 Å². The number of hydrogen-bond donors (Lipinski definition) is 1. The second-order valence-corrected chi connectivity index (χ2v) is 10.1. The Kier molecular flexibility index (Phi) is 8.53. The van der Waals surface area contributed by atoms with Crippen LogP contribution in [-0.2, 0) is 11.3 Å². The molecule has 11 heteroatoms. The average Bonchev–Trinajstić information content (AvgIpc) is 3.04. The topological polar surface area (TPSA) is 124 Å². The molecule has 0 amide bonds. The fraction of sp³-hybridized carbons (Fsp3) is 0.156. The second-order valence-electron chi connectivity index (χ2n) is 9.34. The van der Waals surface area contributed by atoms with Gasteiger partial charge >= 0.3 is 5.97 Å². The highest BCUT2D eigenvalue weighted by Crippen LogP contribution is 2.44. The number of esters is 1. The molecule has 0 aliphatic heterocycles. The number of ether oxygens (including phenoxy) is 5. The monoisotopic (exact) mass is 645 g/mol. The number of hydrogen-bond acceptors (Lipinski definition) is 9. The zero-order valence-electron chi connectivity index (χ0n) is 23.8. The summed E-state index contributed by atoms with van der Waals surface area (Å²) in [6.45, 7) is 0.191. The van der Waals surface area contributed by atoms with Gasteiger partial charge < -0.3 is 29.4 Å². The molecule has 2 aromatic heterocycles. The standard InChI is InChI=1S/C32H28BrN3O7/c1-39-24-14-22-23(15-25(24)43-17-18-6-5-11-35-16-18)31(37)36(21-9-7-20(34)8-10-21)30(32(38)42-4)28(22)19-12-26(40-2)29(33)27(13-19)41-3/h5-16H,17,34H2,1-4H3. The number of nitrogens with zero attached hydrogens (tertiary/aromatic N) is 2. The summed E-state index contributed by atoms with van der Waals surface area (Å²) in [6.07, 6.45) is 3.36. The molecule has 0 aliphatic rings. The van der Waals surface area contributed by atoms with Crippen LogP contribution < -0.4 is 30.2 Å². The van der Waals surface area contributed by atoms with Crippen molar-refractivity contribution in [2.45, 2.75) is 6.61 Å². The fourth-order valence-electron chi connectivity index (χ4n) is 4.79. The maximum atomic E-state index is 14.3. The maximum absolute atomic E-state index is 14.3. The number of nitrogen functional groups attached to an aromatic ring is 1. The number of halogens is 1. The molecule has 43 heavy (non-hydrogen) atoms. The average molecular weight is 646 g/mol. The third-order valence-electron chi connectivity index (χ3n) is 6.85. The van der Waals surface area contributed by atoms with Gasteiger partial charge in [-0.3, -0.25) is 14.3 Å². The van der Waals surface area contributed by atoms with E-state index in [1.54, 1.807) is 60.9 Å². The van der Waals surface area contributed by atoms with Crippen LogP contribution in [0.1, 0.15) is 16.1 Å². The van der Waals surface area contributed by atoms with Gasteiger partial charge in [-0.1, -0.05) is 6.07 Å². The van der Waals surface area contributed by atoms with Crippen LogP contribution in [-0.4, -0.2) is 44.0 Å². The van der Waals surface area contributed by atoms with Crippen molar-refractivity contribution in [1.82, 2.24) is 9.55 Å². The number of benzene rings is 3. The number of carbonyl (C=O) groups excluding carboxylic acids is 1. The predicted molar refractivity (Wildman–Crippen MR) is 167 cm³/mol. The Balaban J connectivity index is 1.91. The summed E-state index contributed by atoms with van der Waals surface area (Å²) in [7, 11) is 5.80. The van der Waals surface area contributed by atoms with Crippen molar-refractivity contribution >= 4 is 38.4 Å². The van der Waals surface area contributed by atoms with E-state index in [4.69, 9.17) is 29.4 Å². The van der Waals surface area contributed by atoms with Gasteiger partial charge in [0, 0.05) is 40.3 Å². The highest BCUT2D eigenvalue weighted by atomic mass is 79.9. The minimum Gasteiger partial charge on any atom is -0.495 e. The molecule has 0 spiro atoms. The van der Waals surface area contributed by atoms with E-state index >= 15 is 0 Å². The van der Waals surface area contributed by atoms with E-state index in [2.05, 4.69) is 20.9 Å². The molecule has 10 nitrogen and oxygen atoms in total. The Bertz CT molecular complexity index is 1850. The molecule has 5 aromatic rings. The van der Waals surface area contributed by atoms with Crippen molar-refractivity contribution in [2.75, 3.05) is 34.2 Å². The first-order valence-corrected chi connectivity index (χ1v) is 13.8. The lowest BCUT2D eigenvalue weighted by molar-refractivity contribution is 0.0591. The largest absolute Gasteiger partial charge is 0.495 e. The minimum atomic E-state index is -0.734. The summed E-state index contributed by atoms with van der Waals surface area (Å²) in [6, 6.07) is 17.1. The highest BCUT2D eigenvalue weighted by molar-refractivity contribution is 9.10. The van der Waals surface area contributed by atoms with Crippen molar-refractivity contribution in [3.63, 3.8) is 0 Å². The second kappa shape index (κ2) is 12.5. The molecule has 2 N–H and O–H groups in total. The Morgan fingerprint density at radius 3 is 2.12 bits per heavy atom. The molecule has 0 saturated heterocycles. The number of anilines is 1. The number of carbonyl (C=O) groups is 1. The first-order valence-electron chi connectivity index (χ1n) is 13.0. The van der Waals surface area contributed by atoms with Crippen molar-refractivity contribution in [3.05, 3.63) is 99.1 Å². The van der Waals surface area contributed by atoms with Crippen LogP contribution in [0.2, 0.25) is 0 Å². The third-order valence-corrected chi connectivity index (χ3v) is 7.63. The zero-order valence-corrected chi connectivity index (χ0v) is 25.4. The van der Waals surface area contributed by atoms with E-state index in [9.17, 15) is 9.59 Å². The van der Waals surface area contributed by atoms with Crippen molar-refractivity contribution in [3.8, 4) is 39.8 Å². The van der Waals surface area contributed by atoms with Gasteiger partial charge in [0.1, 0.15) is 28.3 Å². The van der Waals surface area contributed by atoms with E-state index in [1.165, 1.54) is 33.0 Å². The van der Waals surface area contributed by atoms with E-state index in [-0.39, 0.29) is 17.7 Å². The lowest BCUT2D eigenvalue weighted by Gasteiger charge is -2.21. The van der Waals surface area contributed by atoms with Gasteiger partial charge in [-0.15, -0.1) is 0 Å². The summed E-state index contributed by atoms with van der Waals surface area (Å²) in [5.41, 5.74) is 8.11. The van der Waals surface area contributed by atoms with Crippen molar-refractivity contribution in [2.24, 2.45) is 0 Å². The summed E-state index contributed by atoms with van der Waals surface area (Å²) >= 11 is 3.51. The Labute approximate surface area is 255 Å². The first kappa shape index (κ1) is 29.5. The SMILES string of the molecule is COC(=O)c1c(-c2cc(OC)c(Br)c(OC)c2)c2cc(OC)c(OCc3cccnc3)cc2c(=O)n1-c1ccc(N)cc1. The number of methoxy groups -OCH3 is 4. The molecule has 2 heterocycles. The third kappa shape index (κ3) is 5.59. The lowest BCUT2D eigenvalue weighted by atomic mass is 9.95. The Morgan fingerprint density at radius 2 is 1.53 bits per heavy atom. The zero-order chi connectivity index (χ0) is 30.7. The van der Waals surface area contributed by atoms with Gasteiger partial charge in [0.2, 0.25) is 0 Å². The van der Waals surface area contributed by atoms with Crippen LogP contribution in [0.3, 0.4) is 0 Å². The van der Waals surface area contributed by atoms with Crippen LogP contribution >= 0.6 is 15.9 Å². The molecular weight excluding hydrogens is 618 g/mol. The van der Waals surface area contributed by atoms with Crippen LogP contribution in [0.25, 0.3) is 27.6 Å². The van der Waals surface area contributed by atoms with Gasteiger partial charge in [0.15, 0.2) is 11.5 Å². The quantitative estimate of drug-likeness (QED) is 0.157. The summed E-state index contributed by atoms with van der Waals surface area (Å²) < 4.78 is 30.1. The summed E-state index contributed by atoms with van der Waals surface area (Å²) in [5.74, 6) is 0.859. The predicted octanol–water partition coefficient (Wildman–Crippen LogP) is 5.79. The number of nitrogens with two attached hydrogens (primary N) is 1. The van der Waals surface area contributed by atoms with Gasteiger partial charge in [0.05, 0.1) is 33.8 Å². The van der Waals surface area contributed by atoms with Crippen molar-refractivity contribution in [1.29, 1.82) is 0 Å². The first-order chi connectivity index (χ1) is 20.8. The fourth-order valence-corrected chi connectivity index (χ4v) is 5.34. The minimum absolute atomic E-state index is 0.0118. The number of pyridine rings is 2. The molecule has 0 bridgehead atoms. The molecule has 0 fully saturated rings. The number of rotatable bonds is 9. The van der Waals surface area contributed by atoms with Crippen LogP contribution in [0.5, 0.6) is 23.0 Å². The number of aromatic nitrogens is 2. The maximum Gasteiger partial charge on any atom is 0.355 e. The van der Waals surface area contributed by atoms with Gasteiger partial charge in [-0.2, -0.15) is 0 Å². The molecule has 3 aromatic carbocycles. The van der Waals surface area contributed by atoms with E-state index in [0.717, 1.165) is 5.56 Å².